The average Bonchev–Trinajstić information content (AvgIpc) is 2.90. The van der Waals surface area contributed by atoms with Crippen LogP contribution in [-0.4, -0.2) is 15.9 Å². The molecule has 1 heterocycles. The number of aromatic nitrogens is 2. The van der Waals surface area contributed by atoms with E-state index in [4.69, 9.17) is 0 Å². The number of hydrogen-bond acceptors (Lipinski definition) is 2. The molecule has 0 saturated carbocycles. The lowest BCUT2D eigenvalue weighted by atomic mass is 10.2. The highest BCUT2D eigenvalue weighted by Gasteiger charge is 2.12. The number of halogens is 2. The smallest absolute Gasteiger partial charge is 0.255 e. The van der Waals surface area contributed by atoms with E-state index in [-0.39, 0.29) is 11.6 Å². The zero-order chi connectivity index (χ0) is 14.1. The first-order valence-corrected chi connectivity index (χ1v) is 6.63. The second-order valence-corrected chi connectivity index (χ2v) is 5.04. The van der Waals surface area contributed by atoms with Crippen LogP contribution in [0.3, 0.4) is 0 Å². The molecule has 3 rings (SSSR count). The van der Waals surface area contributed by atoms with Crippen molar-refractivity contribution in [1.82, 2.24) is 9.97 Å². The zero-order valence-electron chi connectivity index (χ0n) is 10.2. The van der Waals surface area contributed by atoms with E-state index in [2.05, 4.69) is 31.2 Å². The van der Waals surface area contributed by atoms with Crippen LogP contribution in [0.15, 0.2) is 47.2 Å². The van der Waals surface area contributed by atoms with Gasteiger partial charge >= 0.3 is 0 Å². The van der Waals surface area contributed by atoms with E-state index in [9.17, 15) is 9.18 Å². The third kappa shape index (κ3) is 2.30. The van der Waals surface area contributed by atoms with Crippen molar-refractivity contribution in [3.63, 3.8) is 0 Å². The van der Waals surface area contributed by atoms with Gasteiger partial charge in [0, 0.05) is 10.0 Å². The average molecular weight is 334 g/mol. The summed E-state index contributed by atoms with van der Waals surface area (Å²) in [5.74, 6) is -0.873. The van der Waals surface area contributed by atoms with Gasteiger partial charge in [-0.3, -0.25) is 4.79 Å². The highest BCUT2D eigenvalue weighted by atomic mass is 79.9. The molecule has 100 valence electrons. The monoisotopic (exact) mass is 333 g/mol. The second kappa shape index (κ2) is 5.05. The van der Waals surface area contributed by atoms with Crippen molar-refractivity contribution in [2.45, 2.75) is 0 Å². The molecular formula is C14H9BrFN3O. The number of hydrogen-bond donors (Lipinski definition) is 2. The number of imidazole rings is 1. The van der Waals surface area contributed by atoms with Crippen molar-refractivity contribution in [1.29, 1.82) is 0 Å². The number of aromatic amines is 1. The van der Waals surface area contributed by atoms with E-state index in [0.717, 1.165) is 11.0 Å². The molecule has 0 bridgehead atoms. The van der Waals surface area contributed by atoms with Crippen LogP contribution < -0.4 is 5.32 Å². The Morgan fingerprint density at radius 3 is 2.95 bits per heavy atom. The van der Waals surface area contributed by atoms with Gasteiger partial charge in [-0.2, -0.15) is 0 Å². The minimum absolute atomic E-state index is 0.127. The maximum Gasteiger partial charge on any atom is 0.255 e. The Morgan fingerprint density at radius 1 is 1.30 bits per heavy atom. The minimum Gasteiger partial charge on any atom is -0.345 e. The van der Waals surface area contributed by atoms with E-state index in [1.807, 2.05) is 0 Å². The number of fused-ring (bicyclic) bond motifs is 1. The number of nitrogens with one attached hydrogen (secondary N) is 2. The summed E-state index contributed by atoms with van der Waals surface area (Å²) in [6, 6.07) is 9.57. The lowest BCUT2D eigenvalue weighted by Gasteiger charge is -2.08. The summed E-state index contributed by atoms with van der Waals surface area (Å²) in [5, 5.41) is 2.56. The molecule has 0 fully saturated rings. The first kappa shape index (κ1) is 12.8. The van der Waals surface area contributed by atoms with Gasteiger partial charge in [-0.15, -0.1) is 0 Å². The lowest BCUT2D eigenvalue weighted by Crippen LogP contribution is -2.13. The molecule has 6 heteroatoms. The van der Waals surface area contributed by atoms with Gasteiger partial charge in [0.2, 0.25) is 0 Å². The van der Waals surface area contributed by atoms with E-state index in [1.165, 1.54) is 6.07 Å². The molecule has 2 aromatic carbocycles. The van der Waals surface area contributed by atoms with Crippen molar-refractivity contribution in [3.8, 4) is 0 Å². The van der Waals surface area contributed by atoms with Gasteiger partial charge in [-0.1, -0.05) is 6.07 Å². The molecule has 0 aliphatic heterocycles. The Balaban J connectivity index is 1.92. The van der Waals surface area contributed by atoms with Gasteiger partial charge in [-0.25, -0.2) is 9.37 Å². The number of amides is 1. The molecule has 0 aliphatic carbocycles. The van der Waals surface area contributed by atoms with Gasteiger partial charge in [0.1, 0.15) is 5.82 Å². The summed E-state index contributed by atoms with van der Waals surface area (Å²) in [5.41, 5.74) is 2.08. The van der Waals surface area contributed by atoms with Gasteiger partial charge < -0.3 is 10.3 Å². The number of H-pyrrole nitrogens is 1. The van der Waals surface area contributed by atoms with Gasteiger partial charge in [-0.05, 0) is 46.3 Å². The summed E-state index contributed by atoms with van der Waals surface area (Å²) >= 11 is 3.21. The highest BCUT2D eigenvalue weighted by molar-refractivity contribution is 9.10. The molecular weight excluding hydrogens is 325 g/mol. The normalized spacial score (nSPS) is 10.7. The summed E-state index contributed by atoms with van der Waals surface area (Å²) < 4.78 is 14.2. The predicted molar refractivity (Wildman–Crippen MR) is 78.1 cm³/mol. The predicted octanol–water partition coefficient (Wildman–Crippen LogP) is 3.72. The molecule has 20 heavy (non-hydrogen) atoms. The number of anilines is 1. The zero-order valence-corrected chi connectivity index (χ0v) is 11.7. The number of para-hydroxylation sites is 1. The summed E-state index contributed by atoms with van der Waals surface area (Å²) in [7, 11) is 0. The van der Waals surface area contributed by atoms with E-state index in [1.54, 1.807) is 36.7 Å². The Morgan fingerprint density at radius 2 is 2.15 bits per heavy atom. The maximum absolute atomic E-state index is 13.7. The summed E-state index contributed by atoms with van der Waals surface area (Å²) in [4.78, 5) is 19.2. The number of nitrogens with zero attached hydrogens (tertiary/aromatic N) is 1. The van der Waals surface area contributed by atoms with Gasteiger partial charge in [0.15, 0.2) is 0 Å². The van der Waals surface area contributed by atoms with Crippen molar-refractivity contribution < 1.29 is 9.18 Å². The van der Waals surface area contributed by atoms with Crippen LogP contribution in [-0.2, 0) is 0 Å². The summed E-state index contributed by atoms with van der Waals surface area (Å²) in [6.45, 7) is 0. The molecule has 0 spiro atoms. The van der Waals surface area contributed by atoms with Crippen molar-refractivity contribution in [2.24, 2.45) is 0 Å². The fraction of sp³-hybridized carbons (Fsp3) is 0. The Bertz CT molecular complexity index is 780. The van der Waals surface area contributed by atoms with Crippen LogP contribution in [0.4, 0.5) is 10.1 Å². The van der Waals surface area contributed by atoms with Crippen LogP contribution in [0.25, 0.3) is 11.0 Å². The van der Waals surface area contributed by atoms with E-state index >= 15 is 0 Å². The molecule has 3 aromatic rings. The third-order valence-corrected chi connectivity index (χ3v) is 3.54. The van der Waals surface area contributed by atoms with Gasteiger partial charge in [0.25, 0.3) is 5.91 Å². The first-order valence-electron chi connectivity index (χ1n) is 5.83. The number of benzene rings is 2. The Kier molecular flexibility index (Phi) is 3.23. The molecule has 4 nitrogen and oxygen atoms in total. The quantitative estimate of drug-likeness (QED) is 0.750. The van der Waals surface area contributed by atoms with Gasteiger partial charge in [0.05, 0.1) is 23.0 Å². The number of rotatable bonds is 2. The van der Waals surface area contributed by atoms with Crippen molar-refractivity contribution >= 4 is 38.6 Å². The molecule has 1 aromatic heterocycles. The molecule has 0 saturated heterocycles. The van der Waals surface area contributed by atoms with Crippen LogP contribution in [0.5, 0.6) is 0 Å². The second-order valence-electron chi connectivity index (χ2n) is 4.19. The molecule has 0 radical (unpaired) electrons. The topological polar surface area (TPSA) is 57.8 Å². The fourth-order valence-electron chi connectivity index (χ4n) is 1.88. The van der Waals surface area contributed by atoms with E-state index < -0.39 is 5.82 Å². The number of carbonyl (C=O) groups is 1. The largest absolute Gasteiger partial charge is 0.345 e. The SMILES string of the molecule is O=C(Nc1c(F)cccc1Br)c1ccc2nc[nH]c2c1. The van der Waals surface area contributed by atoms with Crippen LogP contribution >= 0.6 is 15.9 Å². The van der Waals surface area contributed by atoms with E-state index in [0.29, 0.717) is 10.0 Å². The molecule has 0 atom stereocenters. The summed E-state index contributed by atoms with van der Waals surface area (Å²) in [6.07, 6.45) is 1.56. The Labute approximate surface area is 122 Å². The van der Waals surface area contributed by atoms with Crippen LogP contribution in [0.2, 0.25) is 0 Å². The molecule has 2 N–H and O–H groups in total. The lowest BCUT2D eigenvalue weighted by molar-refractivity contribution is 0.102. The third-order valence-electron chi connectivity index (χ3n) is 2.88. The van der Waals surface area contributed by atoms with Crippen molar-refractivity contribution in [3.05, 3.63) is 58.6 Å². The fourth-order valence-corrected chi connectivity index (χ4v) is 2.32. The minimum atomic E-state index is -0.490. The highest BCUT2D eigenvalue weighted by Crippen LogP contribution is 2.25. The molecule has 1 amide bonds. The maximum atomic E-state index is 13.7. The Hall–Kier alpha value is -2.21. The van der Waals surface area contributed by atoms with Crippen LogP contribution in [0, 0.1) is 5.82 Å². The first-order chi connectivity index (χ1) is 9.65. The van der Waals surface area contributed by atoms with Crippen LogP contribution in [0.1, 0.15) is 10.4 Å². The molecule has 0 unspecified atom stereocenters. The standard InChI is InChI=1S/C14H9BrFN3O/c15-9-2-1-3-10(16)13(9)19-14(20)8-4-5-11-12(6-8)18-7-17-11/h1-7H,(H,17,18)(H,19,20). The molecule has 0 aliphatic rings. The number of carbonyl (C=O) groups excluding carboxylic acids is 1. The van der Waals surface area contributed by atoms with Crippen molar-refractivity contribution in [2.75, 3.05) is 5.32 Å².